The smallest absolute Gasteiger partial charge is 0.240 e. The maximum atomic E-state index is 12.3. The average Bonchev–Trinajstić information content (AvgIpc) is 2.71. The van der Waals surface area contributed by atoms with Gasteiger partial charge in [0.15, 0.2) is 0 Å². The zero-order valence-corrected chi connectivity index (χ0v) is 11.3. The lowest BCUT2D eigenvalue weighted by Gasteiger charge is -2.05. The Morgan fingerprint density at radius 3 is 2.84 bits per heavy atom. The van der Waals surface area contributed by atoms with Crippen molar-refractivity contribution >= 4 is 22.9 Å². The van der Waals surface area contributed by atoms with Crippen LogP contribution in [0.25, 0.3) is 10.9 Å². The Morgan fingerprint density at radius 2 is 2.16 bits per heavy atom. The molecule has 2 rings (SSSR count). The summed E-state index contributed by atoms with van der Waals surface area (Å²) >= 11 is 1.18. The number of halogens is 3. The van der Waals surface area contributed by atoms with Crippen molar-refractivity contribution in [2.24, 2.45) is 0 Å². The van der Waals surface area contributed by atoms with Crippen molar-refractivity contribution in [2.75, 3.05) is 6.80 Å². The molecule has 6 heteroatoms. The lowest BCUT2D eigenvalue weighted by Crippen LogP contribution is -2.01. The second kappa shape index (κ2) is 6.34. The lowest BCUT2D eigenvalue weighted by molar-refractivity contribution is 0.132. The third kappa shape index (κ3) is 3.45. The van der Waals surface area contributed by atoms with Crippen molar-refractivity contribution in [1.29, 1.82) is 0 Å². The molecule has 0 unspecified atom stereocenters. The van der Waals surface area contributed by atoms with Gasteiger partial charge in [0.05, 0.1) is 0 Å². The number of alkyl halides is 3. The van der Waals surface area contributed by atoms with Crippen LogP contribution < -0.4 is 4.72 Å². The number of fused-ring (bicyclic) bond motifs is 1. The van der Waals surface area contributed by atoms with Gasteiger partial charge in [0.25, 0.3) is 0 Å². The van der Waals surface area contributed by atoms with Gasteiger partial charge >= 0.3 is 0 Å². The largest absolute Gasteiger partial charge is 0.346 e. The topological polar surface area (TPSA) is 17.0 Å². The minimum absolute atomic E-state index is 0.182. The molecule has 0 saturated heterocycles. The number of benzene rings is 1. The SMILES string of the molecule is Cc1ccc2c(SNCF)cn(CCC(F)F)c2c1. The zero-order valence-electron chi connectivity index (χ0n) is 10.5. The molecule has 0 bridgehead atoms. The normalized spacial score (nSPS) is 11.6. The summed E-state index contributed by atoms with van der Waals surface area (Å²) in [5.41, 5.74) is 1.97. The number of nitrogens with one attached hydrogen (secondary N) is 1. The summed E-state index contributed by atoms with van der Waals surface area (Å²) in [6.07, 6.45) is -0.708. The summed E-state index contributed by atoms with van der Waals surface area (Å²) in [4.78, 5) is 0.849. The number of nitrogens with zero attached hydrogens (tertiary/aromatic N) is 1. The molecule has 0 saturated carbocycles. The Labute approximate surface area is 114 Å². The van der Waals surface area contributed by atoms with Gasteiger partial charge in [-0.15, -0.1) is 0 Å². The molecule has 0 radical (unpaired) electrons. The van der Waals surface area contributed by atoms with E-state index in [0.717, 1.165) is 21.4 Å². The predicted molar refractivity (Wildman–Crippen MR) is 72.3 cm³/mol. The van der Waals surface area contributed by atoms with Crippen LogP contribution in [-0.2, 0) is 6.54 Å². The van der Waals surface area contributed by atoms with Gasteiger partial charge in [-0.2, -0.15) is 0 Å². The molecule has 1 aromatic carbocycles. The molecule has 0 spiro atoms. The number of hydrogen-bond donors (Lipinski definition) is 1. The first-order valence-corrected chi connectivity index (χ1v) is 6.76. The van der Waals surface area contributed by atoms with E-state index < -0.39 is 13.2 Å². The van der Waals surface area contributed by atoms with Gasteiger partial charge in [-0.1, -0.05) is 12.1 Å². The van der Waals surface area contributed by atoms with Crippen molar-refractivity contribution in [3.8, 4) is 0 Å². The van der Waals surface area contributed by atoms with E-state index in [2.05, 4.69) is 4.72 Å². The Morgan fingerprint density at radius 1 is 1.37 bits per heavy atom. The summed E-state index contributed by atoms with van der Waals surface area (Å²) < 4.78 is 41.2. The molecule has 0 aliphatic heterocycles. The van der Waals surface area contributed by atoms with Gasteiger partial charge in [-0.05, 0) is 30.5 Å². The van der Waals surface area contributed by atoms with Gasteiger partial charge < -0.3 is 4.57 Å². The highest BCUT2D eigenvalue weighted by Gasteiger charge is 2.11. The molecule has 0 atom stereocenters. The molecule has 0 aliphatic rings. The third-order valence-electron chi connectivity index (χ3n) is 2.83. The van der Waals surface area contributed by atoms with Crippen molar-refractivity contribution in [3.63, 3.8) is 0 Å². The van der Waals surface area contributed by atoms with Gasteiger partial charge in [-0.25, -0.2) is 17.9 Å². The van der Waals surface area contributed by atoms with Gasteiger partial charge in [0.1, 0.15) is 6.80 Å². The van der Waals surface area contributed by atoms with Crippen LogP contribution >= 0.6 is 11.9 Å². The number of aryl methyl sites for hydroxylation is 2. The zero-order chi connectivity index (χ0) is 13.8. The molecule has 104 valence electrons. The predicted octanol–water partition coefficient (Wildman–Crippen LogP) is 4.13. The standard InChI is InChI=1S/C13H15F3N2S/c1-9-2-3-10-11(6-9)18(5-4-13(15)16)7-12(10)19-17-8-14/h2-3,6-7,13,17H,4-5,8H2,1H3. The van der Waals surface area contributed by atoms with Crippen LogP contribution in [0.2, 0.25) is 0 Å². The van der Waals surface area contributed by atoms with Crippen LogP contribution in [0, 0.1) is 6.92 Å². The van der Waals surface area contributed by atoms with E-state index in [0.29, 0.717) is 0 Å². The van der Waals surface area contributed by atoms with Crippen molar-refractivity contribution < 1.29 is 13.2 Å². The fourth-order valence-corrected chi connectivity index (χ4v) is 2.65. The Balaban J connectivity index is 2.35. The van der Waals surface area contributed by atoms with E-state index in [9.17, 15) is 13.2 Å². The molecule has 2 nitrogen and oxygen atoms in total. The molecular formula is C13H15F3N2S. The average molecular weight is 288 g/mol. The van der Waals surface area contributed by atoms with E-state index in [-0.39, 0.29) is 13.0 Å². The van der Waals surface area contributed by atoms with Crippen LogP contribution in [0.3, 0.4) is 0 Å². The van der Waals surface area contributed by atoms with E-state index in [1.54, 1.807) is 10.8 Å². The van der Waals surface area contributed by atoms with Crippen molar-refractivity contribution in [1.82, 2.24) is 9.29 Å². The highest BCUT2D eigenvalue weighted by molar-refractivity contribution is 7.97. The second-order valence-corrected chi connectivity index (χ2v) is 5.20. The highest BCUT2D eigenvalue weighted by Crippen LogP contribution is 2.29. The van der Waals surface area contributed by atoms with E-state index in [1.165, 1.54) is 11.9 Å². The van der Waals surface area contributed by atoms with Crippen LogP contribution in [0.15, 0.2) is 29.3 Å². The molecule has 0 aliphatic carbocycles. The second-order valence-electron chi connectivity index (χ2n) is 4.27. The van der Waals surface area contributed by atoms with Crippen LogP contribution in [0.1, 0.15) is 12.0 Å². The summed E-state index contributed by atoms with van der Waals surface area (Å²) in [6.45, 7) is 1.57. The molecule has 1 N–H and O–H groups in total. The Kier molecular flexibility index (Phi) is 4.76. The van der Waals surface area contributed by atoms with E-state index >= 15 is 0 Å². The maximum Gasteiger partial charge on any atom is 0.240 e. The maximum absolute atomic E-state index is 12.3. The molecule has 0 amide bonds. The Bertz CT molecular complexity index is 554. The number of aromatic nitrogens is 1. The number of rotatable bonds is 6. The van der Waals surface area contributed by atoms with Crippen LogP contribution in [0.5, 0.6) is 0 Å². The Hall–Kier alpha value is -1.14. The first kappa shape index (κ1) is 14.3. The number of hydrogen-bond acceptors (Lipinski definition) is 2. The van der Waals surface area contributed by atoms with Crippen molar-refractivity contribution in [3.05, 3.63) is 30.0 Å². The van der Waals surface area contributed by atoms with E-state index in [1.807, 2.05) is 25.1 Å². The van der Waals surface area contributed by atoms with Gasteiger partial charge in [0.2, 0.25) is 6.43 Å². The van der Waals surface area contributed by atoms with Gasteiger partial charge in [-0.3, -0.25) is 0 Å². The lowest BCUT2D eigenvalue weighted by atomic mass is 10.2. The molecule has 1 heterocycles. The van der Waals surface area contributed by atoms with Gasteiger partial charge in [0, 0.05) is 35.0 Å². The minimum atomic E-state index is -2.32. The minimum Gasteiger partial charge on any atom is -0.346 e. The molecular weight excluding hydrogens is 273 g/mol. The monoisotopic (exact) mass is 288 g/mol. The molecule has 2 aromatic rings. The summed E-state index contributed by atoms with van der Waals surface area (Å²) in [7, 11) is 0. The van der Waals surface area contributed by atoms with Crippen LogP contribution in [0.4, 0.5) is 13.2 Å². The molecule has 1 aromatic heterocycles. The summed E-state index contributed by atoms with van der Waals surface area (Å²) in [5.74, 6) is 0. The highest BCUT2D eigenvalue weighted by atomic mass is 32.2. The quantitative estimate of drug-likeness (QED) is 0.636. The van der Waals surface area contributed by atoms with Crippen LogP contribution in [-0.4, -0.2) is 17.8 Å². The summed E-state index contributed by atoms with van der Waals surface area (Å²) in [6, 6.07) is 5.85. The fraction of sp³-hybridized carbons (Fsp3) is 0.385. The fourth-order valence-electron chi connectivity index (χ4n) is 1.98. The first-order chi connectivity index (χ1) is 9.11. The third-order valence-corrected chi connectivity index (χ3v) is 3.62. The molecule has 0 fully saturated rings. The van der Waals surface area contributed by atoms with Crippen molar-refractivity contribution in [2.45, 2.75) is 31.2 Å². The van der Waals surface area contributed by atoms with E-state index in [4.69, 9.17) is 0 Å². The first-order valence-electron chi connectivity index (χ1n) is 5.95. The summed E-state index contributed by atoms with van der Waals surface area (Å²) in [5, 5.41) is 0.950. The molecule has 19 heavy (non-hydrogen) atoms.